The summed E-state index contributed by atoms with van der Waals surface area (Å²) in [4.78, 5) is 13.4. The molecule has 1 aromatic rings. The predicted octanol–water partition coefficient (Wildman–Crippen LogP) is 1.69. The number of carbonyl (C=O) groups excluding carboxylic acids is 1. The molecule has 3 heteroatoms. The molecule has 0 aromatic heterocycles. The van der Waals surface area contributed by atoms with Gasteiger partial charge >= 0.3 is 0 Å². The average molecular weight is 230 g/mol. The molecule has 90 valence electrons. The van der Waals surface area contributed by atoms with Gasteiger partial charge in [-0.05, 0) is 31.5 Å². The van der Waals surface area contributed by atoms with Gasteiger partial charge in [-0.25, -0.2) is 0 Å². The second kappa shape index (κ2) is 4.15. The van der Waals surface area contributed by atoms with Gasteiger partial charge in [0.2, 0.25) is 0 Å². The lowest BCUT2D eigenvalue weighted by atomic mass is 9.86. The highest BCUT2D eigenvalue weighted by molar-refractivity contribution is 5.84. The molecule has 3 nitrogen and oxygen atoms in total. The van der Waals surface area contributed by atoms with Crippen molar-refractivity contribution in [3.63, 3.8) is 0 Å². The van der Waals surface area contributed by atoms with E-state index in [1.807, 2.05) is 18.2 Å². The Bertz CT molecular complexity index is 424. The van der Waals surface area contributed by atoms with E-state index in [-0.39, 0.29) is 0 Å². The smallest absolute Gasteiger partial charge is 0.152 e. The molecule has 2 aliphatic rings. The van der Waals surface area contributed by atoms with Gasteiger partial charge < -0.3 is 10.2 Å². The molecule has 0 radical (unpaired) electrons. The molecule has 0 amide bonds. The standard InChI is InChI=1S/C14H18N2O/c17-9-12-3-1-2-4-13(12)16-8-6-14(11-16)5-7-15-10-14/h1-4,9,15H,5-8,10-11H2. The van der Waals surface area contributed by atoms with Crippen molar-refractivity contribution in [2.75, 3.05) is 31.1 Å². The van der Waals surface area contributed by atoms with Crippen molar-refractivity contribution < 1.29 is 4.79 Å². The molecule has 1 aromatic carbocycles. The summed E-state index contributed by atoms with van der Waals surface area (Å²) < 4.78 is 0. The topological polar surface area (TPSA) is 32.3 Å². The third-order valence-electron chi connectivity index (χ3n) is 4.17. The van der Waals surface area contributed by atoms with Gasteiger partial charge in [-0.1, -0.05) is 12.1 Å². The van der Waals surface area contributed by atoms with E-state index in [4.69, 9.17) is 0 Å². The van der Waals surface area contributed by atoms with Crippen molar-refractivity contribution in [2.45, 2.75) is 12.8 Å². The number of rotatable bonds is 2. The lowest BCUT2D eigenvalue weighted by Crippen LogP contribution is -2.29. The van der Waals surface area contributed by atoms with E-state index in [0.717, 1.165) is 43.7 Å². The van der Waals surface area contributed by atoms with E-state index in [0.29, 0.717) is 5.41 Å². The molecule has 0 bridgehead atoms. The van der Waals surface area contributed by atoms with Crippen LogP contribution in [0.4, 0.5) is 5.69 Å². The number of hydrogen-bond donors (Lipinski definition) is 1. The largest absolute Gasteiger partial charge is 0.370 e. The lowest BCUT2D eigenvalue weighted by molar-refractivity contribution is 0.112. The fourth-order valence-electron chi connectivity index (χ4n) is 3.16. The van der Waals surface area contributed by atoms with Crippen molar-refractivity contribution >= 4 is 12.0 Å². The minimum absolute atomic E-state index is 0.454. The summed E-state index contributed by atoms with van der Waals surface area (Å²) in [5, 5.41) is 3.46. The third-order valence-corrected chi connectivity index (χ3v) is 4.17. The monoisotopic (exact) mass is 230 g/mol. The van der Waals surface area contributed by atoms with Gasteiger partial charge in [-0.15, -0.1) is 0 Å². The van der Waals surface area contributed by atoms with Gasteiger partial charge in [0.1, 0.15) is 0 Å². The Kier molecular flexibility index (Phi) is 2.63. The van der Waals surface area contributed by atoms with E-state index in [9.17, 15) is 4.79 Å². The van der Waals surface area contributed by atoms with Crippen LogP contribution in [0.1, 0.15) is 23.2 Å². The van der Waals surface area contributed by atoms with Crippen LogP contribution in [-0.2, 0) is 0 Å². The highest BCUT2D eigenvalue weighted by Crippen LogP contribution is 2.38. The van der Waals surface area contributed by atoms with E-state index >= 15 is 0 Å². The van der Waals surface area contributed by atoms with Crippen molar-refractivity contribution in [3.8, 4) is 0 Å². The zero-order valence-corrected chi connectivity index (χ0v) is 9.98. The Hall–Kier alpha value is -1.35. The molecule has 1 N–H and O–H groups in total. The summed E-state index contributed by atoms with van der Waals surface area (Å²) in [6.45, 7) is 4.44. The van der Waals surface area contributed by atoms with Gasteiger partial charge in [0, 0.05) is 36.3 Å². The van der Waals surface area contributed by atoms with Gasteiger partial charge in [0.15, 0.2) is 6.29 Å². The number of anilines is 1. The molecule has 0 aliphatic carbocycles. The summed E-state index contributed by atoms with van der Waals surface area (Å²) in [6, 6.07) is 7.90. The molecule has 2 fully saturated rings. The normalized spacial score (nSPS) is 27.9. The van der Waals surface area contributed by atoms with Crippen LogP contribution >= 0.6 is 0 Å². The number of aldehydes is 1. The summed E-state index contributed by atoms with van der Waals surface area (Å²) in [5.41, 5.74) is 2.37. The van der Waals surface area contributed by atoms with Gasteiger partial charge in [-0.2, -0.15) is 0 Å². The van der Waals surface area contributed by atoms with Crippen molar-refractivity contribution in [1.29, 1.82) is 0 Å². The number of para-hydroxylation sites is 1. The van der Waals surface area contributed by atoms with Crippen molar-refractivity contribution in [2.24, 2.45) is 5.41 Å². The lowest BCUT2D eigenvalue weighted by Gasteiger charge is -2.24. The highest BCUT2D eigenvalue weighted by Gasteiger charge is 2.40. The van der Waals surface area contributed by atoms with Crippen LogP contribution in [0, 0.1) is 5.41 Å². The zero-order valence-electron chi connectivity index (χ0n) is 9.98. The quantitative estimate of drug-likeness (QED) is 0.785. The van der Waals surface area contributed by atoms with Gasteiger partial charge in [0.25, 0.3) is 0 Å². The maximum Gasteiger partial charge on any atom is 0.152 e. The van der Waals surface area contributed by atoms with E-state index in [1.165, 1.54) is 12.8 Å². The SMILES string of the molecule is O=Cc1ccccc1N1CCC2(CCNC2)C1. The zero-order chi connectivity index (χ0) is 11.7. The number of benzene rings is 1. The molecule has 1 atom stereocenters. The molecule has 17 heavy (non-hydrogen) atoms. The molecular formula is C14H18N2O. The van der Waals surface area contributed by atoms with Crippen molar-refractivity contribution in [3.05, 3.63) is 29.8 Å². The third kappa shape index (κ3) is 1.84. The molecule has 1 spiro atoms. The second-order valence-electron chi connectivity index (χ2n) is 5.27. The van der Waals surface area contributed by atoms with Crippen LogP contribution in [0.25, 0.3) is 0 Å². The Labute approximate surface area is 102 Å². The summed E-state index contributed by atoms with van der Waals surface area (Å²) in [5.74, 6) is 0. The van der Waals surface area contributed by atoms with Crippen LogP contribution in [-0.4, -0.2) is 32.5 Å². The predicted molar refractivity (Wildman–Crippen MR) is 68.6 cm³/mol. The maximum absolute atomic E-state index is 11.1. The Morgan fingerprint density at radius 3 is 2.94 bits per heavy atom. The Morgan fingerprint density at radius 1 is 1.29 bits per heavy atom. The minimum atomic E-state index is 0.454. The molecular weight excluding hydrogens is 212 g/mol. The minimum Gasteiger partial charge on any atom is -0.370 e. The number of carbonyl (C=O) groups is 1. The molecule has 2 aliphatic heterocycles. The van der Waals surface area contributed by atoms with Crippen LogP contribution in [0.3, 0.4) is 0 Å². The first-order chi connectivity index (χ1) is 8.33. The number of nitrogens with zero attached hydrogens (tertiary/aromatic N) is 1. The number of hydrogen-bond acceptors (Lipinski definition) is 3. The van der Waals surface area contributed by atoms with Crippen molar-refractivity contribution in [1.82, 2.24) is 5.32 Å². The summed E-state index contributed by atoms with van der Waals surface area (Å²) in [7, 11) is 0. The first-order valence-corrected chi connectivity index (χ1v) is 6.33. The number of nitrogens with one attached hydrogen (secondary N) is 1. The summed E-state index contributed by atoms with van der Waals surface area (Å²) in [6.07, 6.45) is 3.48. The van der Waals surface area contributed by atoms with Crippen LogP contribution in [0.5, 0.6) is 0 Å². The molecule has 0 saturated carbocycles. The first kappa shape index (κ1) is 10.8. The van der Waals surface area contributed by atoms with E-state index in [2.05, 4.69) is 16.3 Å². The average Bonchev–Trinajstić information content (AvgIpc) is 3.00. The second-order valence-corrected chi connectivity index (χ2v) is 5.27. The highest BCUT2D eigenvalue weighted by atomic mass is 16.1. The molecule has 2 heterocycles. The van der Waals surface area contributed by atoms with Crippen LogP contribution in [0.15, 0.2) is 24.3 Å². The fraction of sp³-hybridized carbons (Fsp3) is 0.500. The Morgan fingerprint density at radius 2 is 2.18 bits per heavy atom. The molecule has 1 unspecified atom stereocenters. The summed E-state index contributed by atoms with van der Waals surface area (Å²) >= 11 is 0. The van der Waals surface area contributed by atoms with Crippen LogP contribution < -0.4 is 10.2 Å². The maximum atomic E-state index is 11.1. The molecule has 2 saturated heterocycles. The van der Waals surface area contributed by atoms with E-state index < -0.39 is 0 Å². The Balaban J connectivity index is 1.84. The van der Waals surface area contributed by atoms with Crippen LogP contribution in [0.2, 0.25) is 0 Å². The molecule has 3 rings (SSSR count). The first-order valence-electron chi connectivity index (χ1n) is 6.33. The van der Waals surface area contributed by atoms with E-state index in [1.54, 1.807) is 0 Å². The fourth-order valence-corrected chi connectivity index (χ4v) is 3.16. The van der Waals surface area contributed by atoms with Gasteiger partial charge in [0.05, 0.1) is 0 Å². The van der Waals surface area contributed by atoms with Gasteiger partial charge in [-0.3, -0.25) is 4.79 Å².